The van der Waals surface area contributed by atoms with Crippen molar-refractivity contribution in [3.8, 4) is 5.75 Å². The Morgan fingerprint density at radius 2 is 2.40 bits per heavy atom. The minimum atomic E-state index is -0.0404. The minimum Gasteiger partial charge on any atom is -0.491 e. The SMILES string of the molecule is C=C[C@H](COc1cccc(C)c1)OPP. The molecule has 15 heavy (non-hydrogen) atoms. The quantitative estimate of drug-likeness (QED) is 0.562. The summed E-state index contributed by atoms with van der Waals surface area (Å²) in [7, 11) is 2.92. The third-order valence-corrected chi connectivity index (χ3v) is 2.73. The maximum Gasteiger partial charge on any atom is 0.119 e. The molecule has 0 amide bonds. The molecule has 0 fully saturated rings. The van der Waals surface area contributed by atoms with Crippen LogP contribution >= 0.6 is 17.4 Å². The highest BCUT2D eigenvalue weighted by Gasteiger charge is 2.04. The summed E-state index contributed by atoms with van der Waals surface area (Å²) in [4.78, 5) is 0. The van der Waals surface area contributed by atoms with Gasteiger partial charge in [0.25, 0.3) is 0 Å². The summed E-state index contributed by atoms with van der Waals surface area (Å²) < 4.78 is 11.0. The lowest BCUT2D eigenvalue weighted by Gasteiger charge is -2.13. The van der Waals surface area contributed by atoms with Crippen LogP contribution in [0, 0.1) is 6.92 Å². The van der Waals surface area contributed by atoms with Crippen LogP contribution in [0.3, 0.4) is 0 Å². The lowest BCUT2D eigenvalue weighted by Crippen LogP contribution is -2.15. The predicted octanol–water partition coefficient (Wildman–Crippen LogP) is 3.33. The Hall–Kier alpha value is -0.420. The van der Waals surface area contributed by atoms with E-state index in [-0.39, 0.29) is 6.10 Å². The van der Waals surface area contributed by atoms with Crippen LogP contribution in [-0.2, 0) is 4.52 Å². The maximum absolute atomic E-state index is 5.59. The summed E-state index contributed by atoms with van der Waals surface area (Å²) in [5, 5.41) is 0. The highest BCUT2D eigenvalue weighted by atomic mass is 32.0. The van der Waals surface area contributed by atoms with Gasteiger partial charge in [0.15, 0.2) is 0 Å². The molecule has 0 N–H and O–H groups in total. The Kier molecular flexibility index (Phi) is 5.86. The molecule has 0 heterocycles. The van der Waals surface area contributed by atoms with E-state index in [4.69, 9.17) is 9.26 Å². The van der Waals surface area contributed by atoms with Crippen molar-refractivity contribution < 1.29 is 9.26 Å². The molecular formula is C11H16O2P2. The zero-order chi connectivity index (χ0) is 11.1. The molecule has 2 unspecified atom stereocenters. The van der Waals surface area contributed by atoms with Crippen molar-refractivity contribution in [3.05, 3.63) is 42.5 Å². The summed E-state index contributed by atoms with van der Waals surface area (Å²) in [5.74, 6) is 0.873. The van der Waals surface area contributed by atoms with Gasteiger partial charge in [0.1, 0.15) is 18.5 Å². The van der Waals surface area contributed by atoms with E-state index in [1.54, 1.807) is 6.08 Å². The average Bonchev–Trinajstić information content (AvgIpc) is 2.24. The van der Waals surface area contributed by atoms with Gasteiger partial charge in [0, 0.05) is 8.50 Å². The molecule has 1 aromatic carbocycles. The molecule has 0 aliphatic rings. The van der Waals surface area contributed by atoms with Crippen LogP contribution in [0.5, 0.6) is 5.75 Å². The Balaban J connectivity index is 2.45. The monoisotopic (exact) mass is 242 g/mol. The minimum absolute atomic E-state index is 0.0404. The molecule has 1 aromatic rings. The second-order valence-corrected chi connectivity index (χ2v) is 4.32. The van der Waals surface area contributed by atoms with E-state index in [0.717, 1.165) is 5.75 Å². The molecule has 82 valence electrons. The maximum atomic E-state index is 5.59. The normalized spacial score (nSPS) is 12.9. The standard InChI is InChI=1S/C11H16O2P2/c1-3-10(13-15-14)8-12-11-6-4-5-9(2)7-11/h3-7,10,15H,1,8,14H2,2H3/t10-/m1/s1. The average molecular weight is 242 g/mol. The highest BCUT2D eigenvalue weighted by Crippen LogP contribution is 2.24. The van der Waals surface area contributed by atoms with Crippen molar-refractivity contribution in [2.75, 3.05) is 6.61 Å². The molecule has 0 aromatic heterocycles. The summed E-state index contributed by atoms with van der Waals surface area (Å²) in [5.41, 5.74) is 1.19. The van der Waals surface area contributed by atoms with Crippen molar-refractivity contribution in [2.45, 2.75) is 13.0 Å². The molecule has 0 aliphatic heterocycles. The Labute approximate surface area is 95.0 Å². The van der Waals surface area contributed by atoms with Crippen LogP contribution in [0.25, 0.3) is 0 Å². The van der Waals surface area contributed by atoms with Gasteiger partial charge in [-0.25, -0.2) is 0 Å². The van der Waals surface area contributed by atoms with E-state index in [1.165, 1.54) is 5.56 Å². The van der Waals surface area contributed by atoms with Gasteiger partial charge >= 0.3 is 0 Å². The Bertz CT molecular complexity index is 315. The van der Waals surface area contributed by atoms with Gasteiger partial charge < -0.3 is 9.26 Å². The van der Waals surface area contributed by atoms with Gasteiger partial charge in [0.2, 0.25) is 0 Å². The van der Waals surface area contributed by atoms with E-state index in [9.17, 15) is 0 Å². The van der Waals surface area contributed by atoms with Gasteiger partial charge in [-0.15, -0.1) is 6.58 Å². The number of hydrogen-bond acceptors (Lipinski definition) is 2. The van der Waals surface area contributed by atoms with E-state index < -0.39 is 0 Å². The third kappa shape index (κ3) is 4.75. The Morgan fingerprint density at radius 3 is 3.00 bits per heavy atom. The van der Waals surface area contributed by atoms with Gasteiger partial charge in [-0.2, -0.15) is 0 Å². The summed E-state index contributed by atoms with van der Waals surface area (Å²) in [6.45, 7) is 6.25. The van der Waals surface area contributed by atoms with E-state index >= 15 is 0 Å². The number of benzene rings is 1. The van der Waals surface area contributed by atoms with Gasteiger partial charge in [-0.3, -0.25) is 0 Å². The number of aryl methyl sites for hydroxylation is 1. The summed E-state index contributed by atoms with van der Waals surface area (Å²) in [6, 6.07) is 7.96. The number of rotatable bonds is 6. The van der Waals surface area contributed by atoms with Gasteiger partial charge in [0.05, 0.1) is 0 Å². The molecular weight excluding hydrogens is 226 g/mol. The molecule has 4 heteroatoms. The molecule has 2 nitrogen and oxygen atoms in total. The number of hydrogen-bond donors (Lipinski definition) is 0. The fraction of sp³-hybridized carbons (Fsp3) is 0.273. The first kappa shape index (κ1) is 12.6. The first-order chi connectivity index (χ1) is 7.26. The first-order valence-electron chi connectivity index (χ1n) is 4.69. The first-order valence-corrected chi connectivity index (χ1v) is 7.41. The molecule has 3 atom stereocenters. The Morgan fingerprint density at radius 1 is 1.60 bits per heavy atom. The lowest BCUT2D eigenvalue weighted by atomic mass is 10.2. The number of ether oxygens (including phenoxy) is 1. The molecule has 1 rings (SSSR count). The highest BCUT2D eigenvalue weighted by molar-refractivity contribution is 8.00. The third-order valence-electron chi connectivity index (χ3n) is 1.89. The summed E-state index contributed by atoms with van der Waals surface area (Å²) in [6.07, 6.45) is 1.72. The summed E-state index contributed by atoms with van der Waals surface area (Å²) >= 11 is 0. The van der Waals surface area contributed by atoms with Crippen LogP contribution in [0.4, 0.5) is 0 Å². The second kappa shape index (κ2) is 6.95. The van der Waals surface area contributed by atoms with Crippen LogP contribution < -0.4 is 4.74 Å². The molecule has 0 saturated heterocycles. The zero-order valence-electron chi connectivity index (χ0n) is 8.77. The van der Waals surface area contributed by atoms with Crippen LogP contribution in [0.2, 0.25) is 0 Å². The van der Waals surface area contributed by atoms with Crippen molar-refractivity contribution in [2.24, 2.45) is 0 Å². The largest absolute Gasteiger partial charge is 0.491 e. The van der Waals surface area contributed by atoms with E-state index in [1.807, 2.05) is 31.2 Å². The topological polar surface area (TPSA) is 18.5 Å². The lowest BCUT2D eigenvalue weighted by molar-refractivity contribution is 0.184. The van der Waals surface area contributed by atoms with Gasteiger partial charge in [-0.05, 0) is 24.6 Å². The molecule has 0 aliphatic carbocycles. The predicted molar refractivity (Wildman–Crippen MR) is 69.8 cm³/mol. The van der Waals surface area contributed by atoms with Gasteiger partial charge in [-0.1, -0.05) is 27.1 Å². The van der Waals surface area contributed by atoms with E-state index in [0.29, 0.717) is 15.1 Å². The van der Waals surface area contributed by atoms with Crippen molar-refractivity contribution in [1.82, 2.24) is 0 Å². The fourth-order valence-corrected chi connectivity index (χ4v) is 1.98. The van der Waals surface area contributed by atoms with Crippen LogP contribution in [-0.4, -0.2) is 12.7 Å². The second-order valence-electron chi connectivity index (χ2n) is 3.14. The van der Waals surface area contributed by atoms with Crippen LogP contribution in [0.1, 0.15) is 5.56 Å². The van der Waals surface area contributed by atoms with Crippen molar-refractivity contribution in [3.63, 3.8) is 0 Å². The van der Waals surface area contributed by atoms with Crippen molar-refractivity contribution >= 4 is 17.4 Å². The fourth-order valence-electron chi connectivity index (χ4n) is 1.12. The molecule has 0 spiro atoms. The zero-order valence-corrected chi connectivity index (χ0v) is 10.9. The van der Waals surface area contributed by atoms with E-state index in [2.05, 4.69) is 15.5 Å². The van der Waals surface area contributed by atoms with Crippen LogP contribution in [0.15, 0.2) is 36.9 Å². The molecule has 0 saturated carbocycles. The van der Waals surface area contributed by atoms with Crippen molar-refractivity contribution in [1.29, 1.82) is 0 Å². The molecule has 0 bridgehead atoms. The smallest absolute Gasteiger partial charge is 0.119 e. The molecule has 0 radical (unpaired) electrons.